The Balaban J connectivity index is 1.79. The maximum absolute atomic E-state index is 5.37. The Morgan fingerprint density at radius 2 is 1.62 bits per heavy atom. The molecule has 0 atom stereocenters. The van der Waals surface area contributed by atoms with Crippen LogP contribution in [-0.2, 0) is 4.74 Å². The van der Waals surface area contributed by atoms with Crippen molar-refractivity contribution in [2.24, 2.45) is 0 Å². The van der Waals surface area contributed by atoms with Gasteiger partial charge in [0, 0.05) is 45.4 Å². The standard InChI is InChI=1S/C10H20N2O/c1-11-4-6-12(7-5-11)10-2-8-13-9-3-10/h10H,2-9H2,1H3. The molecule has 3 nitrogen and oxygen atoms in total. The number of likely N-dealkylation sites (N-methyl/N-ethyl adjacent to an activating group) is 1. The molecule has 0 unspecified atom stereocenters. The summed E-state index contributed by atoms with van der Waals surface area (Å²) in [5.74, 6) is 0. The number of ether oxygens (including phenoxy) is 1. The van der Waals surface area contributed by atoms with Crippen molar-refractivity contribution < 1.29 is 4.74 Å². The quantitative estimate of drug-likeness (QED) is 0.587. The number of rotatable bonds is 1. The average Bonchev–Trinajstić information content (AvgIpc) is 2.20. The lowest BCUT2D eigenvalue weighted by Gasteiger charge is -2.39. The molecule has 0 N–H and O–H groups in total. The minimum atomic E-state index is 0.808. The molecule has 2 heterocycles. The van der Waals surface area contributed by atoms with Gasteiger partial charge < -0.3 is 9.64 Å². The van der Waals surface area contributed by atoms with Gasteiger partial charge in [-0.1, -0.05) is 0 Å². The molecule has 0 aromatic heterocycles. The zero-order valence-corrected chi connectivity index (χ0v) is 8.54. The van der Waals surface area contributed by atoms with Crippen LogP contribution in [0, 0.1) is 0 Å². The molecule has 3 heteroatoms. The van der Waals surface area contributed by atoms with Gasteiger partial charge in [0.2, 0.25) is 0 Å². The van der Waals surface area contributed by atoms with E-state index in [1.165, 1.54) is 39.0 Å². The van der Waals surface area contributed by atoms with E-state index in [4.69, 9.17) is 4.74 Å². The molecule has 0 spiro atoms. The largest absolute Gasteiger partial charge is 0.381 e. The fourth-order valence-electron chi connectivity index (χ4n) is 2.24. The van der Waals surface area contributed by atoms with Crippen LogP contribution in [0.5, 0.6) is 0 Å². The van der Waals surface area contributed by atoms with Crippen LogP contribution in [0.15, 0.2) is 0 Å². The zero-order chi connectivity index (χ0) is 9.10. The molecule has 0 amide bonds. The van der Waals surface area contributed by atoms with E-state index in [1.807, 2.05) is 0 Å². The lowest BCUT2D eigenvalue weighted by atomic mass is 10.1. The van der Waals surface area contributed by atoms with Crippen LogP contribution >= 0.6 is 0 Å². The Morgan fingerprint density at radius 1 is 1.00 bits per heavy atom. The van der Waals surface area contributed by atoms with E-state index in [2.05, 4.69) is 16.8 Å². The van der Waals surface area contributed by atoms with Crippen LogP contribution in [0.4, 0.5) is 0 Å². The number of nitrogens with zero attached hydrogens (tertiary/aromatic N) is 2. The molecule has 0 bridgehead atoms. The second-order valence-corrected chi connectivity index (χ2v) is 4.18. The van der Waals surface area contributed by atoms with Crippen molar-refractivity contribution in [3.8, 4) is 0 Å². The molecule has 0 aromatic rings. The minimum Gasteiger partial charge on any atom is -0.381 e. The highest BCUT2D eigenvalue weighted by Gasteiger charge is 2.23. The van der Waals surface area contributed by atoms with Gasteiger partial charge in [-0.05, 0) is 19.9 Å². The summed E-state index contributed by atoms with van der Waals surface area (Å²) < 4.78 is 5.37. The SMILES string of the molecule is CN1CCN(C2CCOCC2)CC1. The second-order valence-electron chi connectivity index (χ2n) is 4.18. The first kappa shape index (κ1) is 9.44. The average molecular weight is 184 g/mol. The third-order valence-corrected chi connectivity index (χ3v) is 3.25. The number of hydrogen-bond donors (Lipinski definition) is 0. The Bertz CT molecular complexity index is 149. The van der Waals surface area contributed by atoms with Gasteiger partial charge in [0.25, 0.3) is 0 Å². The van der Waals surface area contributed by atoms with Crippen LogP contribution in [0.3, 0.4) is 0 Å². The first-order valence-corrected chi connectivity index (χ1v) is 5.36. The molecule has 0 aliphatic carbocycles. The summed E-state index contributed by atoms with van der Waals surface area (Å²) in [5.41, 5.74) is 0. The highest BCUT2D eigenvalue weighted by atomic mass is 16.5. The third-order valence-electron chi connectivity index (χ3n) is 3.25. The molecule has 0 radical (unpaired) electrons. The van der Waals surface area contributed by atoms with Gasteiger partial charge in [-0.2, -0.15) is 0 Å². The molecule has 2 fully saturated rings. The normalized spacial score (nSPS) is 29.3. The molecule has 0 aromatic carbocycles. The van der Waals surface area contributed by atoms with Crippen LogP contribution < -0.4 is 0 Å². The monoisotopic (exact) mass is 184 g/mol. The summed E-state index contributed by atoms with van der Waals surface area (Å²) in [6.07, 6.45) is 2.48. The van der Waals surface area contributed by atoms with E-state index in [9.17, 15) is 0 Å². The van der Waals surface area contributed by atoms with E-state index in [0.29, 0.717) is 0 Å². The number of hydrogen-bond acceptors (Lipinski definition) is 3. The lowest BCUT2D eigenvalue weighted by Crippen LogP contribution is -2.50. The van der Waals surface area contributed by atoms with E-state index >= 15 is 0 Å². The minimum absolute atomic E-state index is 0.808. The Labute approximate surface area is 80.6 Å². The molecule has 2 aliphatic rings. The van der Waals surface area contributed by atoms with E-state index in [1.54, 1.807) is 0 Å². The zero-order valence-electron chi connectivity index (χ0n) is 8.54. The summed E-state index contributed by atoms with van der Waals surface area (Å²) in [5, 5.41) is 0. The van der Waals surface area contributed by atoms with Crippen molar-refractivity contribution in [3.63, 3.8) is 0 Å². The topological polar surface area (TPSA) is 15.7 Å². The predicted octanol–water partition coefficient (Wildman–Crippen LogP) is 0.413. The maximum atomic E-state index is 5.37. The van der Waals surface area contributed by atoms with Crippen molar-refractivity contribution in [1.82, 2.24) is 9.80 Å². The van der Waals surface area contributed by atoms with E-state index in [0.717, 1.165) is 19.3 Å². The van der Waals surface area contributed by atoms with Gasteiger partial charge in [0.05, 0.1) is 0 Å². The van der Waals surface area contributed by atoms with E-state index in [-0.39, 0.29) is 0 Å². The van der Waals surface area contributed by atoms with Crippen molar-refractivity contribution in [3.05, 3.63) is 0 Å². The number of piperazine rings is 1. The highest BCUT2D eigenvalue weighted by Crippen LogP contribution is 2.15. The molecule has 0 saturated carbocycles. The van der Waals surface area contributed by atoms with Crippen LogP contribution in [-0.4, -0.2) is 62.3 Å². The van der Waals surface area contributed by atoms with Gasteiger partial charge in [-0.25, -0.2) is 0 Å². The maximum Gasteiger partial charge on any atom is 0.0480 e. The first-order valence-electron chi connectivity index (χ1n) is 5.36. The summed E-state index contributed by atoms with van der Waals surface area (Å²) >= 11 is 0. The summed E-state index contributed by atoms with van der Waals surface area (Å²) in [6, 6.07) is 0.808. The molecule has 2 aliphatic heterocycles. The van der Waals surface area contributed by atoms with Crippen LogP contribution in [0.1, 0.15) is 12.8 Å². The Hall–Kier alpha value is -0.120. The smallest absolute Gasteiger partial charge is 0.0480 e. The third kappa shape index (κ3) is 2.42. The van der Waals surface area contributed by atoms with Crippen molar-refractivity contribution in [2.45, 2.75) is 18.9 Å². The molecular formula is C10H20N2O. The molecule has 2 rings (SSSR count). The molecule has 76 valence electrons. The summed E-state index contributed by atoms with van der Waals surface area (Å²) in [6.45, 7) is 6.91. The fourth-order valence-corrected chi connectivity index (χ4v) is 2.24. The predicted molar refractivity (Wildman–Crippen MR) is 52.9 cm³/mol. The molecule has 2 saturated heterocycles. The van der Waals surface area contributed by atoms with Crippen LogP contribution in [0.2, 0.25) is 0 Å². The molecular weight excluding hydrogens is 164 g/mol. The first-order chi connectivity index (χ1) is 6.36. The van der Waals surface area contributed by atoms with Crippen molar-refractivity contribution in [2.75, 3.05) is 46.4 Å². The van der Waals surface area contributed by atoms with Crippen molar-refractivity contribution >= 4 is 0 Å². The van der Waals surface area contributed by atoms with Gasteiger partial charge in [-0.3, -0.25) is 4.90 Å². The van der Waals surface area contributed by atoms with Gasteiger partial charge in [0.15, 0.2) is 0 Å². The Kier molecular flexibility index (Phi) is 3.19. The lowest BCUT2D eigenvalue weighted by molar-refractivity contribution is 0.0174. The van der Waals surface area contributed by atoms with Gasteiger partial charge in [0.1, 0.15) is 0 Å². The fraction of sp³-hybridized carbons (Fsp3) is 1.00. The van der Waals surface area contributed by atoms with E-state index < -0.39 is 0 Å². The van der Waals surface area contributed by atoms with Crippen molar-refractivity contribution in [1.29, 1.82) is 0 Å². The van der Waals surface area contributed by atoms with Gasteiger partial charge in [-0.15, -0.1) is 0 Å². The summed E-state index contributed by atoms with van der Waals surface area (Å²) in [4.78, 5) is 5.05. The Morgan fingerprint density at radius 3 is 2.23 bits per heavy atom. The van der Waals surface area contributed by atoms with Gasteiger partial charge >= 0.3 is 0 Å². The van der Waals surface area contributed by atoms with Crippen LogP contribution in [0.25, 0.3) is 0 Å². The molecule has 13 heavy (non-hydrogen) atoms. The second kappa shape index (κ2) is 4.40. The summed E-state index contributed by atoms with van der Waals surface area (Å²) in [7, 11) is 2.21. The highest BCUT2D eigenvalue weighted by molar-refractivity contribution is 4.78.